The molecular formula is C15H20Cl2N2O5S. The number of ether oxygens (including phenoxy) is 2. The van der Waals surface area contributed by atoms with Crippen molar-refractivity contribution in [2.45, 2.75) is 12.5 Å². The van der Waals surface area contributed by atoms with Crippen LogP contribution in [0.25, 0.3) is 0 Å². The molecule has 0 spiro atoms. The molecule has 1 aliphatic heterocycles. The summed E-state index contributed by atoms with van der Waals surface area (Å²) in [5.74, 6) is 0.442. The molecule has 140 valence electrons. The fourth-order valence-electron chi connectivity index (χ4n) is 2.53. The lowest BCUT2D eigenvalue weighted by Gasteiger charge is -2.28. The van der Waals surface area contributed by atoms with Crippen molar-refractivity contribution in [3.63, 3.8) is 0 Å². The van der Waals surface area contributed by atoms with Crippen LogP contribution < -0.4 is 10.1 Å². The van der Waals surface area contributed by atoms with Crippen molar-refractivity contribution in [2.24, 2.45) is 0 Å². The number of sulfone groups is 1. The molecule has 1 aliphatic rings. The van der Waals surface area contributed by atoms with E-state index < -0.39 is 15.9 Å². The first kappa shape index (κ1) is 20.1. The molecule has 0 radical (unpaired) electrons. The maximum Gasteiger partial charge on any atom is 0.320 e. The lowest BCUT2D eigenvalue weighted by Crippen LogP contribution is -2.49. The van der Waals surface area contributed by atoms with E-state index in [2.05, 4.69) is 5.32 Å². The summed E-state index contributed by atoms with van der Waals surface area (Å²) >= 11 is 11.8. The number of halogens is 2. The highest BCUT2D eigenvalue weighted by atomic mass is 35.5. The van der Waals surface area contributed by atoms with E-state index in [-0.39, 0.29) is 24.3 Å². The molecule has 0 saturated carbocycles. The number of methoxy groups -OCH3 is 1. The Morgan fingerprint density at radius 3 is 2.76 bits per heavy atom. The molecule has 2 rings (SSSR count). The molecule has 1 unspecified atom stereocenters. The number of urea groups is 1. The van der Waals surface area contributed by atoms with Gasteiger partial charge in [-0.1, -0.05) is 23.2 Å². The quantitative estimate of drug-likeness (QED) is 0.696. The number of nitrogens with zero attached hydrogens (tertiary/aromatic N) is 1. The molecule has 1 N–H and O–H groups in total. The molecule has 1 aromatic rings. The summed E-state index contributed by atoms with van der Waals surface area (Å²) in [6.07, 6.45) is 0.420. The highest BCUT2D eigenvalue weighted by molar-refractivity contribution is 7.91. The van der Waals surface area contributed by atoms with Crippen LogP contribution in [-0.4, -0.2) is 63.9 Å². The fraction of sp³-hybridized carbons (Fsp3) is 0.533. The largest absolute Gasteiger partial charge is 0.472 e. The second-order valence-corrected chi connectivity index (χ2v) is 8.66. The highest BCUT2D eigenvalue weighted by Gasteiger charge is 2.34. The molecule has 0 aromatic heterocycles. The molecule has 1 aromatic carbocycles. The van der Waals surface area contributed by atoms with Crippen molar-refractivity contribution in [3.05, 3.63) is 28.2 Å². The summed E-state index contributed by atoms with van der Waals surface area (Å²) in [6.45, 7) is 0.501. The summed E-state index contributed by atoms with van der Waals surface area (Å²) in [6, 6.07) is 3.99. The standard InChI is InChI=1S/C15H20Cl2N2O5S/c1-23-6-5-19(12-4-7-25(21,22)9-12)15(20)18-10-24-14-3-2-11(16)8-13(14)17/h2-3,8,12H,4-7,9-10H2,1H3,(H,18,20). The van der Waals surface area contributed by atoms with E-state index in [1.807, 2.05) is 0 Å². The average molecular weight is 411 g/mol. The summed E-state index contributed by atoms with van der Waals surface area (Å²) in [5.41, 5.74) is 0. The Labute approximate surface area is 157 Å². The van der Waals surface area contributed by atoms with Crippen molar-refractivity contribution < 1.29 is 22.7 Å². The Balaban J connectivity index is 1.92. The smallest absolute Gasteiger partial charge is 0.320 e. The number of hydrogen-bond donors (Lipinski definition) is 1. The molecule has 1 saturated heterocycles. The second kappa shape index (κ2) is 8.93. The number of carbonyl (C=O) groups excluding carboxylic acids is 1. The number of amides is 2. The number of benzene rings is 1. The third-order valence-corrected chi connectivity index (χ3v) is 6.07. The van der Waals surface area contributed by atoms with Gasteiger partial charge < -0.3 is 19.7 Å². The Morgan fingerprint density at radius 2 is 2.16 bits per heavy atom. The van der Waals surface area contributed by atoms with Crippen LogP contribution in [0.4, 0.5) is 4.79 Å². The monoisotopic (exact) mass is 410 g/mol. The highest BCUT2D eigenvalue weighted by Crippen LogP contribution is 2.27. The maximum absolute atomic E-state index is 12.4. The van der Waals surface area contributed by atoms with Crippen LogP contribution in [-0.2, 0) is 14.6 Å². The van der Waals surface area contributed by atoms with Crippen LogP contribution in [0.1, 0.15) is 6.42 Å². The van der Waals surface area contributed by atoms with Gasteiger partial charge in [-0.3, -0.25) is 0 Å². The van der Waals surface area contributed by atoms with Crippen molar-refractivity contribution in [1.82, 2.24) is 10.2 Å². The molecule has 1 atom stereocenters. The van der Waals surface area contributed by atoms with Crippen LogP contribution >= 0.6 is 23.2 Å². The normalized spacial score (nSPS) is 18.8. The third kappa shape index (κ3) is 5.91. The number of rotatable bonds is 7. The van der Waals surface area contributed by atoms with Crippen LogP contribution in [0.15, 0.2) is 18.2 Å². The minimum Gasteiger partial charge on any atom is -0.472 e. The first-order valence-corrected chi connectivity index (χ1v) is 10.2. The van der Waals surface area contributed by atoms with E-state index in [9.17, 15) is 13.2 Å². The van der Waals surface area contributed by atoms with Crippen LogP contribution in [0.5, 0.6) is 5.75 Å². The molecule has 1 heterocycles. The minimum absolute atomic E-state index is 0.0337. The van der Waals surface area contributed by atoms with Crippen molar-refractivity contribution in [2.75, 3.05) is 38.5 Å². The van der Waals surface area contributed by atoms with Crippen molar-refractivity contribution in [3.8, 4) is 5.75 Å². The first-order valence-electron chi connectivity index (χ1n) is 7.64. The Bertz CT molecular complexity index is 714. The lowest BCUT2D eigenvalue weighted by molar-refractivity contribution is 0.129. The van der Waals surface area contributed by atoms with E-state index in [0.717, 1.165) is 0 Å². The van der Waals surface area contributed by atoms with Gasteiger partial charge in [-0.15, -0.1) is 0 Å². The average Bonchev–Trinajstić information content (AvgIpc) is 2.89. The number of carbonyl (C=O) groups is 1. The van der Waals surface area contributed by atoms with Gasteiger partial charge in [0.05, 0.1) is 23.1 Å². The molecular weight excluding hydrogens is 391 g/mol. The molecule has 10 heteroatoms. The van der Waals surface area contributed by atoms with Gasteiger partial charge in [0.15, 0.2) is 16.6 Å². The molecule has 7 nitrogen and oxygen atoms in total. The van der Waals surface area contributed by atoms with E-state index in [1.165, 1.54) is 18.1 Å². The van der Waals surface area contributed by atoms with Crippen LogP contribution in [0.3, 0.4) is 0 Å². The SMILES string of the molecule is COCCN(C(=O)NCOc1ccc(Cl)cc1Cl)C1CCS(=O)(=O)C1. The topological polar surface area (TPSA) is 84.9 Å². The molecule has 0 aliphatic carbocycles. The molecule has 1 fully saturated rings. The zero-order valence-electron chi connectivity index (χ0n) is 13.7. The first-order chi connectivity index (χ1) is 11.8. The van der Waals surface area contributed by atoms with Crippen molar-refractivity contribution >= 4 is 39.1 Å². The maximum atomic E-state index is 12.4. The van der Waals surface area contributed by atoms with E-state index in [0.29, 0.717) is 35.4 Å². The number of hydrogen-bond acceptors (Lipinski definition) is 5. The lowest BCUT2D eigenvalue weighted by atomic mass is 10.2. The second-order valence-electron chi connectivity index (χ2n) is 5.59. The third-order valence-electron chi connectivity index (χ3n) is 3.79. The van der Waals surface area contributed by atoms with E-state index >= 15 is 0 Å². The molecule has 2 amide bonds. The van der Waals surface area contributed by atoms with Gasteiger partial charge in [-0.25, -0.2) is 13.2 Å². The van der Waals surface area contributed by atoms with Gasteiger partial charge in [0.2, 0.25) is 0 Å². The summed E-state index contributed by atoms with van der Waals surface area (Å²) in [7, 11) is -1.57. The summed E-state index contributed by atoms with van der Waals surface area (Å²) < 4.78 is 33.8. The number of nitrogens with one attached hydrogen (secondary N) is 1. The Hall–Kier alpha value is -1.22. The van der Waals surface area contributed by atoms with E-state index in [4.69, 9.17) is 32.7 Å². The van der Waals surface area contributed by atoms with E-state index in [1.54, 1.807) is 12.1 Å². The Kier molecular flexibility index (Phi) is 7.18. The summed E-state index contributed by atoms with van der Waals surface area (Å²) in [5, 5.41) is 3.42. The predicted molar refractivity (Wildman–Crippen MR) is 96.1 cm³/mol. The van der Waals surface area contributed by atoms with Gasteiger partial charge in [-0.05, 0) is 24.6 Å². The molecule has 25 heavy (non-hydrogen) atoms. The van der Waals surface area contributed by atoms with Gasteiger partial charge in [0.1, 0.15) is 5.75 Å². The minimum atomic E-state index is -3.10. The predicted octanol–water partition coefficient (Wildman–Crippen LogP) is 2.17. The Morgan fingerprint density at radius 1 is 1.40 bits per heavy atom. The van der Waals surface area contributed by atoms with Gasteiger partial charge >= 0.3 is 6.03 Å². The molecule has 0 bridgehead atoms. The van der Waals surface area contributed by atoms with Crippen LogP contribution in [0.2, 0.25) is 10.0 Å². The van der Waals surface area contributed by atoms with Gasteiger partial charge in [0.25, 0.3) is 0 Å². The summed E-state index contributed by atoms with van der Waals surface area (Å²) in [4.78, 5) is 13.9. The zero-order chi connectivity index (χ0) is 18.4. The van der Waals surface area contributed by atoms with Gasteiger partial charge in [-0.2, -0.15) is 0 Å². The van der Waals surface area contributed by atoms with Crippen molar-refractivity contribution in [1.29, 1.82) is 0 Å². The van der Waals surface area contributed by atoms with Gasteiger partial charge in [0, 0.05) is 24.7 Å². The zero-order valence-corrected chi connectivity index (χ0v) is 16.0. The fourth-order valence-corrected chi connectivity index (χ4v) is 4.72. The van der Waals surface area contributed by atoms with Crippen LogP contribution in [0, 0.1) is 0 Å².